The van der Waals surface area contributed by atoms with Crippen LogP contribution < -0.4 is 5.32 Å². The Bertz CT molecular complexity index is 279. The molecule has 1 fully saturated rings. The third-order valence-electron chi connectivity index (χ3n) is 2.56. The second kappa shape index (κ2) is 6.38. The molecule has 1 rings (SSSR count). The minimum absolute atomic E-state index is 0.184. The fourth-order valence-corrected chi connectivity index (χ4v) is 1.30. The molecule has 1 saturated carbocycles. The van der Waals surface area contributed by atoms with Crippen molar-refractivity contribution in [2.45, 2.75) is 51.1 Å². The summed E-state index contributed by atoms with van der Waals surface area (Å²) in [5.41, 5.74) is 0. The van der Waals surface area contributed by atoms with Gasteiger partial charge >= 0.3 is 12.1 Å². The monoisotopic (exact) mass is 269 g/mol. The van der Waals surface area contributed by atoms with E-state index in [0.717, 1.165) is 19.8 Å². The molecule has 0 bridgehead atoms. The van der Waals surface area contributed by atoms with Crippen molar-refractivity contribution in [3.8, 4) is 0 Å². The highest BCUT2D eigenvalue weighted by Crippen LogP contribution is 2.23. The van der Waals surface area contributed by atoms with Gasteiger partial charge in [-0.2, -0.15) is 13.2 Å². The highest BCUT2D eigenvalue weighted by Gasteiger charge is 2.38. The molecule has 0 heterocycles. The first kappa shape index (κ1) is 15.2. The first-order valence-electron chi connectivity index (χ1n) is 5.95. The summed E-state index contributed by atoms with van der Waals surface area (Å²) in [4.78, 5) is 11.5. The third-order valence-corrected chi connectivity index (χ3v) is 2.56. The van der Waals surface area contributed by atoms with E-state index in [9.17, 15) is 18.0 Å². The van der Waals surface area contributed by atoms with E-state index in [-0.39, 0.29) is 19.3 Å². The van der Waals surface area contributed by atoms with Gasteiger partial charge in [-0.05, 0) is 26.7 Å². The van der Waals surface area contributed by atoms with Crippen LogP contribution in [0.3, 0.4) is 0 Å². The lowest BCUT2D eigenvalue weighted by Gasteiger charge is -2.21. The van der Waals surface area contributed by atoms with Gasteiger partial charge in [0, 0.05) is 6.04 Å². The summed E-state index contributed by atoms with van der Waals surface area (Å²) < 4.78 is 46.3. The van der Waals surface area contributed by atoms with Crippen LogP contribution in [-0.2, 0) is 14.3 Å². The van der Waals surface area contributed by atoms with Gasteiger partial charge in [0.2, 0.25) is 0 Å². The highest BCUT2D eigenvalue weighted by atomic mass is 19.4. The molecule has 0 amide bonds. The number of carbonyl (C=O) groups is 1. The van der Waals surface area contributed by atoms with Crippen molar-refractivity contribution in [1.82, 2.24) is 5.32 Å². The molecule has 4 nitrogen and oxygen atoms in total. The standard InChI is InChI=1S/C11H18F3NO3/c1-3-17-10(16)9(15-8-4-5-8)6-18-7(2)11(12,13)14/h7-9,15H,3-6H2,1-2H3. The number of ether oxygens (including phenoxy) is 2. The Morgan fingerprint density at radius 1 is 1.44 bits per heavy atom. The number of nitrogens with one attached hydrogen (secondary N) is 1. The molecule has 2 atom stereocenters. The fraction of sp³-hybridized carbons (Fsp3) is 0.909. The second-order valence-corrected chi connectivity index (χ2v) is 4.26. The van der Waals surface area contributed by atoms with E-state index in [1.165, 1.54) is 0 Å². The van der Waals surface area contributed by atoms with Gasteiger partial charge in [-0.1, -0.05) is 0 Å². The minimum Gasteiger partial charge on any atom is -0.465 e. The average molecular weight is 269 g/mol. The molecule has 0 aliphatic heterocycles. The van der Waals surface area contributed by atoms with Crippen LogP contribution in [0.2, 0.25) is 0 Å². The quantitative estimate of drug-likeness (QED) is 0.714. The number of carbonyl (C=O) groups excluding carboxylic acids is 1. The Hall–Kier alpha value is -0.820. The summed E-state index contributed by atoms with van der Waals surface area (Å²) in [5.74, 6) is -0.571. The average Bonchev–Trinajstić information content (AvgIpc) is 3.06. The molecule has 0 aromatic rings. The van der Waals surface area contributed by atoms with Crippen molar-refractivity contribution >= 4 is 5.97 Å². The van der Waals surface area contributed by atoms with Gasteiger partial charge in [-0.15, -0.1) is 0 Å². The SMILES string of the molecule is CCOC(=O)C(COC(C)C(F)(F)F)NC1CC1. The van der Waals surface area contributed by atoms with Crippen molar-refractivity contribution < 1.29 is 27.4 Å². The summed E-state index contributed by atoms with van der Waals surface area (Å²) in [6.07, 6.45) is -4.47. The first-order valence-corrected chi connectivity index (χ1v) is 5.95. The van der Waals surface area contributed by atoms with E-state index in [1.54, 1.807) is 6.92 Å². The van der Waals surface area contributed by atoms with Crippen LogP contribution in [0.1, 0.15) is 26.7 Å². The molecule has 2 unspecified atom stereocenters. The van der Waals surface area contributed by atoms with Gasteiger partial charge in [0.1, 0.15) is 6.04 Å². The molecule has 18 heavy (non-hydrogen) atoms. The molecule has 0 spiro atoms. The molecule has 0 aromatic carbocycles. The topological polar surface area (TPSA) is 47.6 Å². The molecular formula is C11H18F3NO3. The zero-order valence-corrected chi connectivity index (χ0v) is 10.4. The van der Waals surface area contributed by atoms with Crippen LogP contribution in [0.5, 0.6) is 0 Å². The van der Waals surface area contributed by atoms with Gasteiger partial charge < -0.3 is 9.47 Å². The second-order valence-electron chi connectivity index (χ2n) is 4.26. The van der Waals surface area contributed by atoms with E-state index in [0.29, 0.717) is 0 Å². The molecule has 1 N–H and O–H groups in total. The molecule has 7 heteroatoms. The van der Waals surface area contributed by atoms with Crippen LogP contribution >= 0.6 is 0 Å². The minimum atomic E-state index is -4.42. The fourth-order valence-electron chi connectivity index (χ4n) is 1.30. The maximum Gasteiger partial charge on any atom is 0.414 e. The lowest BCUT2D eigenvalue weighted by molar-refractivity contribution is -0.216. The summed E-state index contributed by atoms with van der Waals surface area (Å²) in [7, 11) is 0. The number of hydrogen-bond acceptors (Lipinski definition) is 4. The van der Waals surface area contributed by atoms with Crippen molar-refractivity contribution in [2.75, 3.05) is 13.2 Å². The van der Waals surface area contributed by atoms with Crippen LogP contribution in [0.25, 0.3) is 0 Å². The Morgan fingerprint density at radius 3 is 2.50 bits per heavy atom. The summed E-state index contributed by atoms with van der Waals surface area (Å²) >= 11 is 0. The van der Waals surface area contributed by atoms with Crippen molar-refractivity contribution in [1.29, 1.82) is 0 Å². The van der Waals surface area contributed by atoms with Crippen LogP contribution in [0, 0.1) is 0 Å². The molecule has 0 radical (unpaired) electrons. The van der Waals surface area contributed by atoms with Gasteiger partial charge in [0.15, 0.2) is 6.10 Å². The lowest BCUT2D eigenvalue weighted by Crippen LogP contribution is -2.45. The van der Waals surface area contributed by atoms with Crippen molar-refractivity contribution in [3.05, 3.63) is 0 Å². The maximum absolute atomic E-state index is 12.3. The molecule has 0 aromatic heterocycles. The van der Waals surface area contributed by atoms with Crippen LogP contribution in [0.4, 0.5) is 13.2 Å². The maximum atomic E-state index is 12.3. The molecule has 0 saturated heterocycles. The smallest absolute Gasteiger partial charge is 0.414 e. The zero-order chi connectivity index (χ0) is 13.8. The number of halogens is 3. The Labute approximate surface area is 104 Å². The molecule has 1 aliphatic rings. The largest absolute Gasteiger partial charge is 0.465 e. The Morgan fingerprint density at radius 2 is 2.06 bits per heavy atom. The predicted molar refractivity (Wildman–Crippen MR) is 58.0 cm³/mol. The van der Waals surface area contributed by atoms with Crippen molar-refractivity contribution in [3.63, 3.8) is 0 Å². The number of esters is 1. The van der Waals surface area contributed by atoms with Crippen LogP contribution in [0.15, 0.2) is 0 Å². The summed E-state index contributed by atoms with van der Waals surface area (Å²) in [6.45, 7) is 2.41. The normalized spacial score (nSPS) is 19.4. The van der Waals surface area contributed by atoms with Gasteiger partial charge in [0.05, 0.1) is 13.2 Å². The summed E-state index contributed by atoms with van der Waals surface area (Å²) in [6, 6.07) is -0.647. The molecule has 106 valence electrons. The van der Waals surface area contributed by atoms with E-state index in [4.69, 9.17) is 4.74 Å². The van der Waals surface area contributed by atoms with Gasteiger partial charge in [-0.25, -0.2) is 0 Å². The highest BCUT2D eigenvalue weighted by molar-refractivity contribution is 5.76. The zero-order valence-electron chi connectivity index (χ0n) is 10.4. The lowest BCUT2D eigenvalue weighted by atomic mass is 10.3. The van der Waals surface area contributed by atoms with Gasteiger partial charge in [-0.3, -0.25) is 10.1 Å². The van der Waals surface area contributed by atoms with Gasteiger partial charge in [0.25, 0.3) is 0 Å². The van der Waals surface area contributed by atoms with E-state index in [1.807, 2.05) is 0 Å². The predicted octanol–water partition coefficient (Wildman–Crippen LogP) is 1.64. The molecular weight excluding hydrogens is 251 g/mol. The van der Waals surface area contributed by atoms with E-state index < -0.39 is 24.3 Å². The van der Waals surface area contributed by atoms with E-state index in [2.05, 4.69) is 10.1 Å². The molecule has 1 aliphatic carbocycles. The number of alkyl halides is 3. The number of hydrogen-bond donors (Lipinski definition) is 1. The van der Waals surface area contributed by atoms with E-state index >= 15 is 0 Å². The Kier molecular flexibility index (Phi) is 5.40. The summed E-state index contributed by atoms with van der Waals surface area (Å²) in [5, 5.41) is 2.92. The van der Waals surface area contributed by atoms with Crippen LogP contribution in [-0.4, -0.2) is 43.5 Å². The number of rotatable bonds is 7. The van der Waals surface area contributed by atoms with Crippen molar-refractivity contribution in [2.24, 2.45) is 0 Å². The third kappa shape index (κ3) is 5.22. The first-order chi connectivity index (χ1) is 8.34. The Balaban J connectivity index is 2.42.